The second kappa shape index (κ2) is 7.61. The fourth-order valence-electron chi connectivity index (χ4n) is 3.82. The van der Waals surface area contributed by atoms with Crippen LogP contribution in [0.25, 0.3) is 0 Å². The molecule has 0 amide bonds. The van der Waals surface area contributed by atoms with Gasteiger partial charge in [-0.25, -0.2) is 0 Å². The Morgan fingerprint density at radius 3 is 2.53 bits per heavy atom. The molecule has 1 rings (SSSR count). The molecule has 1 saturated carbocycles. The van der Waals surface area contributed by atoms with E-state index in [0.717, 1.165) is 25.6 Å². The molecular formula is C16H35N3. The van der Waals surface area contributed by atoms with Crippen molar-refractivity contribution in [2.45, 2.75) is 52.5 Å². The van der Waals surface area contributed by atoms with E-state index < -0.39 is 0 Å². The number of hydrogen-bond donors (Lipinski definition) is 1. The minimum absolute atomic E-state index is 0.369. The fraction of sp³-hybridized carbons (Fsp3) is 1.00. The Bertz CT molecular complexity index is 254. The van der Waals surface area contributed by atoms with E-state index >= 15 is 0 Å². The zero-order chi connectivity index (χ0) is 14.5. The van der Waals surface area contributed by atoms with Crippen molar-refractivity contribution in [3.05, 3.63) is 0 Å². The zero-order valence-electron chi connectivity index (χ0n) is 13.8. The number of nitrogens with two attached hydrogens (primary N) is 1. The average Bonchev–Trinajstić information content (AvgIpc) is 2.35. The summed E-state index contributed by atoms with van der Waals surface area (Å²) < 4.78 is 0. The van der Waals surface area contributed by atoms with Crippen molar-refractivity contribution in [1.29, 1.82) is 0 Å². The number of nitrogens with zero attached hydrogens (tertiary/aromatic N) is 2. The summed E-state index contributed by atoms with van der Waals surface area (Å²) in [4.78, 5) is 4.91. The molecule has 1 fully saturated rings. The molecule has 3 heteroatoms. The van der Waals surface area contributed by atoms with Crippen LogP contribution in [0.5, 0.6) is 0 Å². The van der Waals surface area contributed by atoms with E-state index in [4.69, 9.17) is 5.73 Å². The van der Waals surface area contributed by atoms with Gasteiger partial charge in [-0.15, -0.1) is 0 Å². The predicted molar refractivity (Wildman–Crippen MR) is 84.4 cm³/mol. The molecule has 3 atom stereocenters. The van der Waals surface area contributed by atoms with E-state index in [-0.39, 0.29) is 0 Å². The standard InChI is InChI=1S/C16H35N3/c1-6-19(15(3)11-18(4)5)13-16(12-17)9-7-8-14(2)10-16/h14-15H,6-13,17H2,1-5H3. The van der Waals surface area contributed by atoms with Crippen molar-refractivity contribution in [2.75, 3.05) is 40.3 Å². The lowest BCUT2D eigenvalue weighted by Gasteiger charge is -2.44. The lowest BCUT2D eigenvalue weighted by molar-refractivity contribution is 0.0642. The van der Waals surface area contributed by atoms with E-state index in [1.54, 1.807) is 0 Å². The molecule has 3 nitrogen and oxygen atoms in total. The van der Waals surface area contributed by atoms with E-state index in [1.165, 1.54) is 32.2 Å². The summed E-state index contributed by atoms with van der Waals surface area (Å²) in [5, 5.41) is 0. The van der Waals surface area contributed by atoms with E-state index in [2.05, 4.69) is 44.7 Å². The Morgan fingerprint density at radius 1 is 1.37 bits per heavy atom. The molecule has 114 valence electrons. The minimum Gasteiger partial charge on any atom is -0.330 e. The molecule has 1 aliphatic rings. The topological polar surface area (TPSA) is 32.5 Å². The van der Waals surface area contributed by atoms with E-state index in [0.29, 0.717) is 11.5 Å². The summed E-state index contributed by atoms with van der Waals surface area (Å²) in [6.07, 6.45) is 5.38. The maximum absolute atomic E-state index is 6.17. The van der Waals surface area contributed by atoms with Crippen molar-refractivity contribution in [1.82, 2.24) is 9.80 Å². The van der Waals surface area contributed by atoms with Crippen LogP contribution in [0.4, 0.5) is 0 Å². The quantitative estimate of drug-likeness (QED) is 0.770. The molecular weight excluding hydrogens is 234 g/mol. The van der Waals surface area contributed by atoms with Crippen LogP contribution in [-0.2, 0) is 0 Å². The first-order valence-corrected chi connectivity index (χ1v) is 8.01. The smallest absolute Gasteiger partial charge is 0.0194 e. The molecule has 0 radical (unpaired) electrons. The maximum atomic E-state index is 6.17. The monoisotopic (exact) mass is 269 g/mol. The maximum Gasteiger partial charge on any atom is 0.0194 e. The predicted octanol–water partition coefficient (Wildman–Crippen LogP) is 2.41. The molecule has 0 aromatic heterocycles. The highest BCUT2D eigenvalue weighted by molar-refractivity contribution is 4.90. The van der Waals surface area contributed by atoms with Gasteiger partial charge in [0, 0.05) is 19.1 Å². The third kappa shape index (κ3) is 5.05. The van der Waals surface area contributed by atoms with Crippen molar-refractivity contribution in [3.63, 3.8) is 0 Å². The summed E-state index contributed by atoms with van der Waals surface area (Å²) in [6.45, 7) is 11.3. The Labute approximate surface area is 120 Å². The highest BCUT2D eigenvalue weighted by atomic mass is 15.2. The highest BCUT2D eigenvalue weighted by Gasteiger charge is 2.35. The zero-order valence-corrected chi connectivity index (χ0v) is 13.8. The Balaban J connectivity index is 2.65. The van der Waals surface area contributed by atoms with Crippen LogP contribution in [0, 0.1) is 11.3 Å². The van der Waals surface area contributed by atoms with Gasteiger partial charge in [0.25, 0.3) is 0 Å². The normalized spacial score (nSPS) is 30.0. The molecule has 0 saturated heterocycles. The minimum atomic E-state index is 0.369. The van der Waals surface area contributed by atoms with E-state index in [1.807, 2.05) is 0 Å². The first kappa shape index (κ1) is 16.9. The van der Waals surface area contributed by atoms with Crippen molar-refractivity contribution >= 4 is 0 Å². The van der Waals surface area contributed by atoms with Gasteiger partial charge >= 0.3 is 0 Å². The van der Waals surface area contributed by atoms with Gasteiger partial charge in [-0.2, -0.15) is 0 Å². The van der Waals surface area contributed by atoms with Gasteiger partial charge in [0.05, 0.1) is 0 Å². The lowest BCUT2D eigenvalue weighted by atomic mass is 9.69. The summed E-state index contributed by atoms with van der Waals surface area (Å²) in [5.74, 6) is 0.847. The van der Waals surface area contributed by atoms with Crippen LogP contribution >= 0.6 is 0 Å². The van der Waals surface area contributed by atoms with Crippen LogP contribution in [0.3, 0.4) is 0 Å². The molecule has 0 aliphatic heterocycles. The fourth-order valence-corrected chi connectivity index (χ4v) is 3.82. The van der Waals surface area contributed by atoms with Gasteiger partial charge < -0.3 is 10.6 Å². The van der Waals surface area contributed by atoms with E-state index in [9.17, 15) is 0 Å². The number of likely N-dealkylation sites (N-methyl/N-ethyl adjacent to an activating group) is 2. The first-order chi connectivity index (χ1) is 8.92. The molecule has 2 N–H and O–H groups in total. The van der Waals surface area contributed by atoms with Crippen LogP contribution in [0.1, 0.15) is 46.5 Å². The van der Waals surface area contributed by atoms with Crippen LogP contribution in [-0.4, -0.2) is 56.1 Å². The summed E-state index contributed by atoms with van der Waals surface area (Å²) in [6, 6.07) is 0.612. The van der Waals surface area contributed by atoms with Crippen LogP contribution in [0.2, 0.25) is 0 Å². The van der Waals surface area contributed by atoms with Gasteiger partial charge in [0.2, 0.25) is 0 Å². The van der Waals surface area contributed by atoms with Crippen molar-refractivity contribution in [2.24, 2.45) is 17.1 Å². The molecule has 19 heavy (non-hydrogen) atoms. The number of hydrogen-bond acceptors (Lipinski definition) is 3. The molecule has 0 bridgehead atoms. The third-order valence-corrected chi connectivity index (χ3v) is 4.82. The van der Waals surface area contributed by atoms with Gasteiger partial charge in [0.15, 0.2) is 0 Å². The second-order valence-corrected chi connectivity index (χ2v) is 7.08. The Hall–Kier alpha value is -0.120. The van der Waals surface area contributed by atoms with Gasteiger partial charge in [-0.05, 0) is 58.3 Å². The summed E-state index contributed by atoms with van der Waals surface area (Å²) >= 11 is 0. The third-order valence-electron chi connectivity index (χ3n) is 4.82. The molecule has 3 unspecified atom stereocenters. The summed E-state index contributed by atoms with van der Waals surface area (Å²) in [5.41, 5.74) is 6.54. The van der Waals surface area contributed by atoms with Crippen LogP contribution in [0.15, 0.2) is 0 Å². The molecule has 0 spiro atoms. The van der Waals surface area contributed by atoms with Crippen molar-refractivity contribution < 1.29 is 0 Å². The van der Waals surface area contributed by atoms with Gasteiger partial charge in [0.1, 0.15) is 0 Å². The Kier molecular flexibility index (Phi) is 6.78. The lowest BCUT2D eigenvalue weighted by Crippen LogP contribution is -2.50. The first-order valence-electron chi connectivity index (χ1n) is 8.01. The largest absolute Gasteiger partial charge is 0.330 e. The van der Waals surface area contributed by atoms with Crippen molar-refractivity contribution in [3.8, 4) is 0 Å². The molecule has 0 aromatic carbocycles. The van der Waals surface area contributed by atoms with Gasteiger partial charge in [-0.1, -0.05) is 26.7 Å². The molecule has 0 heterocycles. The summed E-state index contributed by atoms with van der Waals surface area (Å²) in [7, 11) is 4.32. The van der Waals surface area contributed by atoms with Gasteiger partial charge in [-0.3, -0.25) is 4.90 Å². The average molecular weight is 269 g/mol. The van der Waals surface area contributed by atoms with Crippen LogP contribution < -0.4 is 5.73 Å². The number of rotatable bonds is 7. The molecule has 1 aliphatic carbocycles. The SMILES string of the molecule is CCN(CC1(CN)CCCC(C)C1)C(C)CN(C)C. The highest BCUT2D eigenvalue weighted by Crippen LogP contribution is 2.39. The second-order valence-electron chi connectivity index (χ2n) is 7.08. The Morgan fingerprint density at radius 2 is 2.05 bits per heavy atom. The molecule has 0 aromatic rings.